The number of nitrogens with one attached hydrogen (secondary N) is 2. The van der Waals surface area contributed by atoms with E-state index >= 15 is 0 Å². The second-order valence-electron chi connectivity index (χ2n) is 12.0. The highest BCUT2D eigenvalue weighted by Gasteiger charge is 2.36. The molecule has 0 aliphatic carbocycles. The van der Waals surface area contributed by atoms with Gasteiger partial charge in [-0.15, -0.1) is 0 Å². The van der Waals surface area contributed by atoms with Gasteiger partial charge in [-0.25, -0.2) is 0 Å². The number of rotatable bonds is 10. The Labute approximate surface area is 261 Å². The Hall–Kier alpha value is -3.00. The number of aliphatic imine (C=N–C) groups is 1. The smallest absolute Gasteiger partial charge is 0.368 e. The fourth-order valence-corrected chi connectivity index (χ4v) is 6.60. The second-order valence-corrected chi connectivity index (χ2v) is 13.5. The zero-order chi connectivity index (χ0) is 31.9. The number of halogens is 3. The van der Waals surface area contributed by atoms with E-state index in [1.807, 2.05) is 31.5 Å². The molecule has 0 spiro atoms. The van der Waals surface area contributed by atoms with Crippen molar-refractivity contribution in [2.75, 3.05) is 43.4 Å². The molecule has 2 aliphatic heterocycles. The molecule has 2 aromatic carbocycles. The molecular weight excluding hydrogens is 582 g/mol. The van der Waals surface area contributed by atoms with Crippen LogP contribution in [0.25, 0.3) is 0 Å². The van der Waals surface area contributed by atoms with Crippen LogP contribution in [-0.4, -0.2) is 56.0 Å². The molecule has 238 valence electrons. The zero-order valence-corrected chi connectivity index (χ0v) is 27.3. The molecule has 2 aliphatic rings. The van der Waals surface area contributed by atoms with Crippen molar-refractivity contribution >= 4 is 32.1 Å². The minimum absolute atomic E-state index is 0.0287. The number of hydrogen-bond acceptors (Lipinski definition) is 5. The lowest BCUT2D eigenvalue weighted by atomic mass is 10.0. The van der Waals surface area contributed by atoms with Gasteiger partial charge in [-0.2, -0.15) is 13.2 Å². The van der Waals surface area contributed by atoms with E-state index < -0.39 is 17.6 Å². The molecule has 0 aromatic heterocycles. The predicted molar refractivity (Wildman–Crippen MR) is 178 cm³/mol. The van der Waals surface area contributed by atoms with Gasteiger partial charge in [0.25, 0.3) is 5.91 Å². The van der Waals surface area contributed by atoms with E-state index in [1.54, 1.807) is 11.0 Å². The highest BCUT2D eigenvalue weighted by molar-refractivity contribution is 7.45. The Kier molecular flexibility index (Phi) is 11.8. The Bertz CT molecular complexity index is 1380. The van der Waals surface area contributed by atoms with Crippen LogP contribution in [0.15, 0.2) is 70.6 Å². The number of hydrogen-bond donors (Lipinski definition) is 2. The van der Waals surface area contributed by atoms with Gasteiger partial charge in [0.15, 0.2) is 0 Å². The highest BCUT2D eigenvalue weighted by Crippen LogP contribution is 2.40. The van der Waals surface area contributed by atoms with Gasteiger partial charge in [0.05, 0.1) is 17.0 Å². The lowest BCUT2D eigenvalue weighted by Gasteiger charge is -2.35. The van der Waals surface area contributed by atoms with Crippen LogP contribution in [0.1, 0.15) is 74.5 Å². The summed E-state index contributed by atoms with van der Waals surface area (Å²) < 4.78 is 42.2. The molecule has 3 atom stereocenters. The van der Waals surface area contributed by atoms with E-state index in [1.165, 1.54) is 17.4 Å². The fourth-order valence-electron chi connectivity index (χ4n) is 5.23. The van der Waals surface area contributed by atoms with Gasteiger partial charge in [-0.3, -0.25) is 15.1 Å². The number of alkyl halides is 3. The van der Waals surface area contributed by atoms with Crippen molar-refractivity contribution in [2.45, 2.75) is 65.0 Å². The van der Waals surface area contributed by atoms with Crippen molar-refractivity contribution in [3.8, 4) is 0 Å². The van der Waals surface area contributed by atoms with Crippen LogP contribution in [0.3, 0.4) is 0 Å². The molecule has 1 saturated heterocycles. The molecule has 6 nitrogen and oxygen atoms in total. The summed E-state index contributed by atoms with van der Waals surface area (Å²) in [7, 11) is 2.50. The van der Waals surface area contributed by atoms with Gasteiger partial charge in [-0.1, -0.05) is 60.1 Å². The maximum atomic E-state index is 14.1. The van der Waals surface area contributed by atoms with Gasteiger partial charge in [0, 0.05) is 55.4 Å². The third-order valence-corrected chi connectivity index (χ3v) is 9.25. The van der Waals surface area contributed by atoms with Crippen LogP contribution in [-0.2, 0) is 6.18 Å². The van der Waals surface area contributed by atoms with Crippen LogP contribution in [0, 0.1) is 5.92 Å². The Morgan fingerprint density at radius 1 is 1.09 bits per heavy atom. The van der Waals surface area contributed by atoms with Crippen molar-refractivity contribution in [3.63, 3.8) is 0 Å². The third kappa shape index (κ3) is 9.26. The SMILES string of the molecule is CCC/C=C1/N=CC(NC(C)c2cccc(NC(=O)c3ccc(N4CCN(C)CC4)c(C(F)(F)F)c3)c2)P/C1=C\CC(C)C. The summed E-state index contributed by atoms with van der Waals surface area (Å²) in [5, 5.41) is 7.75. The number of benzene rings is 2. The number of likely N-dealkylation sites (N-methyl/N-ethyl adjacent to an activating group) is 1. The Balaban J connectivity index is 1.46. The van der Waals surface area contributed by atoms with Gasteiger partial charge in [-0.05, 0) is 73.9 Å². The maximum Gasteiger partial charge on any atom is 0.418 e. The molecular formula is C34H45F3N5OP. The zero-order valence-electron chi connectivity index (χ0n) is 26.3. The highest BCUT2D eigenvalue weighted by atomic mass is 31.1. The molecule has 4 rings (SSSR count). The lowest BCUT2D eigenvalue weighted by Crippen LogP contribution is -2.45. The number of carbonyl (C=O) groups is 1. The number of unbranched alkanes of at least 4 members (excludes halogenated alkanes) is 1. The Morgan fingerprint density at radius 3 is 2.52 bits per heavy atom. The number of anilines is 2. The maximum absolute atomic E-state index is 14.1. The average molecular weight is 628 g/mol. The first-order valence-corrected chi connectivity index (χ1v) is 16.6. The molecule has 10 heteroatoms. The van der Waals surface area contributed by atoms with Crippen molar-refractivity contribution in [2.24, 2.45) is 10.9 Å². The van der Waals surface area contributed by atoms with Crippen molar-refractivity contribution < 1.29 is 18.0 Å². The van der Waals surface area contributed by atoms with Gasteiger partial charge < -0.3 is 15.1 Å². The topological polar surface area (TPSA) is 60.0 Å². The van der Waals surface area contributed by atoms with Crippen LogP contribution in [0.2, 0.25) is 0 Å². The molecule has 0 radical (unpaired) electrons. The predicted octanol–water partition coefficient (Wildman–Crippen LogP) is 8.06. The fraction of sp³-hybridized carbons (Fsp3) is 0.471. The van der Waals surface area contributed by atoms with E-state index in [0.717, 1.165) is 36.6 Å². The number of allylic oxidation sites excluding steroid dienone is 3. The van der Waals surface area contributed by atoms with Crippen molar-refractivity contribution in [1.82, 2.24) is 10.2 Å². The summed E-state index contributed by atoms with van der Waals surface area (Å²) in [4.78, 5) is 21.7. The molecule has 1 amide bonds. The van der Waals surface area contributed by atoms with Crippen LogP contribution in [0.5, 0.6) is 0 Å². The van der Waals surface area contributed by atoms with E-state index in [2.05, 4.69) is 55.4 Å². The first-order chi connectivity index (χ1) is 20.9. The summed E-state index contributed by atoms with van der Waals surface area (Å²) in [5.41, 5.74) is 1.87. The summed E-state index contributed by atoms with van der Waals surface area (Å²) in [6, 6.07) is 11.3. The number of amides is 1. The number of carbonyl (C=O) groups excluding carboxylic acids is 1. The van der Waals surface area contributed by atoms with Crippen LogP contribution < -0.4 is 15.5 Å². The molecule has 2 N–H and O–H groups in total. The van der Waals surface area contributed by atoms with Crippen molar-refractivity contribution in [3.05, 3.63) is 82.3 Å². The third-order valence-electron chi connectivity index (χ3n) is 7.85. The summed E-state index contributed by atoms with van der Waals surface area (Å²) in [5.74, 6) is 0.0781. The summed E-state index contributed by atoms with van der Waals surface area (Å²) in [6.45, 7) is 11.0. The lowest BCUT2D eigenvalue weighted by molar-refractivity contribution is -0.137. The first-order valence-electron chi connectivity index (χ1n) is 15.5. The minimum Gasteiger partial charge on any atom is -0.368 e. The second kappa shape index (κ2) is 15.3. The van der Waals surface area contributed by atoms with Crippen LogP contribution >= 0.6 is 8.58 Å². The molecule has 44 heavy (non-hydrogen) atoms. The van der Waals surface area contributed by atoms with E-state index in [9.17, 15) is 18.0 Å². The monoisotopic (exact) mass is 627 g/mol. The van der Waals surface area contributed by atoms with E-state index in [-0.39, 0.29) is 23.1 Å². The molecule has 2 aromatic rings. The van der Waals surface area contributed by atoms with Crippen LogP contribution in [0.4, 0.5) is 24.5 Å². The van der Waals surface area contributed by atoms with Gasteiger partial charge in [0.2, 0.25) is 0 Å². The normalized spacial score (nSPS) is 21.0. The largest absolute Gasteiger partial charge is 0.418 e. The van der Waals surface area contributed by atoms with E-state index in [0.29, 0.717) is 46.4 Å². The average Bonchev–Trinajstić information content (AvgIpc) is 2.99. The standard InChI is InChI=1S/C34H45F3N5OP/c1-6-7-11-29-31(15-12-23(2)3)44-32(22-38-29)39-24(4)25-9-8-10-27(20-25)40-33(43)26-13-14-30(28(21-26)34(35,36)37)42-18-16-41(5)17-19-42/h8-11,13-15,20-24,32,39,44H,6-7,12,16-19H2,1-5H3,(H,40,43)/b29-11+,31-15-. The minimum atomic E-state index is -4.57. The number of piperazine rings is 1. The summed E-state index contributed by atoms with van der Waals surface area (Å²) in [6.07, 6.45) is 5.04. The van der Waals surface area contributed by atoms with Crippen molar-refractivity contribution in [1.29, 1.82) is 0 Å². The van der Waals surface area contributed by atoms with Gasteiger partial charge in [0.1, 0.15) is 0 Å². The Morgan fingerprint density at radius 2 is 1.84 bits per heavy atom. The molecule has 2 heterocycles. The quantitative estimate of drug-likeness (QED) is 0.262. The molecule has 0 saturated carbocycles. The molecule has 3 unspecified atom stereocenters. The van der Waals surface area contributed by atoms with Gasteiger partial charge >= 0.3 is 6.18 Å². The first kappa shape index (κ1) is 33.9. The molecule has 1 fully saturated rings. The van der Waals surface area contributed by atoms with E-state index in [4.69, 9.17) is 4.99 Å². The molecule has 0 bridgehead atoms. The summed E-state index contributed by atoms with van der Waals surface area (Å²) >= 11 is 0. The number of nitrogens with zero attached hydrogens (tertiary/aromatic N) is 3.